The van der Waals surface area contributed by atoms with Crippen molar-refractivity contribution in [2.24, 2.45) is 0 Å². The normalized spacial score (nSPS) is 16.5. The van der Waals surface area contributed by atoms with Crippen molar-refractivity contribution < 1.29 is 18.3 Å². The Hall–Kier alpha value is -3.33. The highest BCUT2D eigenvalue weighted by molar-refractivity contribution is 5.92. The van der Waals surface area contributed by atoms with Gasteiger partial charge >= 0.3 is 0 Å². The van der Waals surface area contributed by atoms with E-state index in [1.165, 1.54) is 12.1 Å². The third-order valence-electron chi connectivity index (χ3n) is 5.27. The fourth-order valence-electron chi connectivity index (χ4n) is 3.79. The molecule has 7 nitrogen and oxygen atoms in total. The largest absolute Gasteiger partial charge is 0.383 e. The van der Waals surface area contributed by atoms with Gasteiger partial charge in [-0.1, -0.05) is 0 Å². The number of amides is 1. The lowest BCUT2D eigenvalue weighted by Gasteiger charge is -2.26. The number of benzene rings is 1. The van der Waals surface area contributed by atoms with Crippen LogP contribution in [0.5, 0.6) is 0 Å². The van der Waals surface area contributed by atoms with Crippen LogP contribution in [0.2, 0.25) is 0 Å². The van der Waals surface area contributed by atoms with Crippen LogP contribution in [0.15, 0.2) is 42.7 Å². The number of anilines is 1. The number of methoxy groups -OCH3 is 1. The summed E-state index contributed by atoms with van der Waals surface area (Å²) in [6.07, 6.45) is 8.02. The molecule has 1 atom stereocenters. The van der Waals surface area contributed by atoms with Crippen LogP contribution in [-0.4, -0.2) is 47.3 Å². The molecule has 0 bridgehead atoms. The molecule has 1 saturated heterocycles. The van der Waals surface area contributed by atoms with Crippen LogP contribution >= 0.6 is 0 Å². The van der Waals surface area contributed by atoms with E-state index in [2.05, 4.69) is 10.4 Å². The zero-order valence-electron chi connectivity index (χ0n) is 17.1. The highest BCUT2D eigenvalue weighted by Crippen LogP contribution is 2.36. The van der Waals surface area contributed by atoms with E-state index in [1.807, 2.05) is 4.90 Å². The Morgan fingerprint density at radius 2 is 2.23 bits per heavy atom. The van der Waals surface area contributed by atoms with Crippen LogP contribution in [0.3, 0.4) is 0 Å². The van der Waals surface area contributed by atoms with E-state index in [9.17, 15) is 13.6 Å². The standard InChI is InChI=1S/C22H23F2N5O2/c1-31-12-9-25-21(30)7-4-15-14-26-29-11-8-20(27-22(15)29)28-10-2-3-19(28)17-13-16(23)5-6-18(17)24/h4-8,11,13-14,19H,2-3,9-10,12H2,1H3,(H,25,30). The number of hydrogen-bond donors (Lipinski definition) is 1. The third kappa shape index (κ3) is 4.56. The summed E-state index contributed by atoms with van der Waals surface area (Å²) in [7, 11) is 1.57. The van der Waals surface area contributed by atoms with E-state index in [4.69, 9.17) is 9.72 Å². The molecule has 1 aliphatic rings. The molecule has 1 fully saturated rings. The van der Waals surface area contributed by atoms with Crippen molar-refractivity contribution in [1.82, 2.24) is 19.9 Å². The van der Waals surface area contributed by atoms with Crippen molar-refractivity contribution >= 4 is 23.4 Å². The minimum absolute atomic E-state index is 0.242. The molecule has 1 N–H and O–H groups in total. The van der Waals surface area contributed by atoms with Crippen molar-refractivity contribution in [3.8, 4) is 0 Å². The minimum Gasteiger partial charge on any atom is -0.383 e. The van der Waals surface area contributed by atoms with E-state index >= 15 is 0 Å². The van der Waals surface area contributed by atoms with Gasteiger partial charge in [-0.3, -0.25) is 4.79 Å². The molecule has 3 aromatic rings. The molecule has 3 heterocycles. The molecule has 0 radical (unpaired) electrons. The van der Waals surface area contributed by atoms with Crippen molar-refractivity contribution in [3.63, 3.8) is 0 Å². The maximum absolute atomic E-state index is 14.4. The lowest BCUT2D eigenvalue weighted by atomic mass is 10.0. The van der Waals surface area contributed by atoms with Gasteiger partial charge in [0.05, 0.1) is 18.8 Å². The van der Waals surface area contributed by atoms with Gasteiger partial charge in [-0.15, -0.1) is 0 Å². The number of aromatic nitrogens is 3. The molecule has 2 aromatic heterocycles. The molecule has 1 amide bonds. The van der Waals surface area contributed by atoms with Crippen molar-refractivity contribution in [1.29, 1.82) is 0 Å². The first-order valence-corrected chi connectivity index (χ1v) is 10.1. The predicted molar refractivity (Wildman–Crippen MR) is 113 cm³/mol. The molecule has 1 aromatic carbocycles. The molecule has 162 valence electrons. The summed E-state index contributed by atoms with van der Waals surface area (Å²) < 4.78 is 34.6. The van der Waals surface area contributed by atoms with Gasteiger partial charge in [0.25, 0.3) is 0 Å². The number of carbonyl (C=O) groups excluding carboxylic acids is 1. The van der Waals surface area contributed by atoms with Gasteiger partial charge in [-0.05, 0) is 43.2 Å². The van der Waals surface area contributed by atoms with Crippen molar-refractivity contribution in [3.05, 3.63) is 65.5 Å². The summed E-state index contributed by atoms with van der Waals surface area (Å²) in [6, 6.07) is 5.06. The third-order valence-corrected chi connectivity index (χ3v) is 5.27. The maximum Gasteiger partial charge on any atom is 0.244 e. The second-order valence-electron chi connectivity index (χ2n) is 7.29. The molecule has 0 spiro atoms. The first-order valence-electron chi connectivity index (χ1n) is 10.1. The number of rotatable bonds is 7. The van der Waals surface area contributed by atoms with Crippen LogP contribution in [0.1, 0.15) is 30.0 Å². The summed E-state index contributed by atoms with van der Waals surface area (Å²) in [5.41, 5.74) is 1.58. The van der Waals surface area contributed by atoms with Gasteiger partial charge in [-0.2, -0.15) is 5.10 Å². The first-order chi connectivity index (χ1) is 15.1. The van der Waals surface area contributed by atoms with Crippen LogP contribution in [0, 0.1) is 11.6 Å². The predicted octanol–water partition coefficient (Wildman–Crippen LogP) is 3.12. The molecule has 1 unspecified atom stereocenters. The Bertz CT molecular complexity index is 1110. The number of ether oxygens (including phenoxy) is 1. The van der Waals surface area contributed by atoms with E-state index in [-0.39, 0.29) is 11.9 Å². The van der Waals surface area contributed by atoms with Crippen LogP contribution < -0.4 is 10.2 Å². The lowest BCUT2D eigenvalue weighted by Crippen LogP contribution is -2.25. The summed E-state index contributed by atoms with van der Waals surface area (Å²) in [6.45, 7) is 1.54. The zero-order valence-corrected chi connectivity index (χ0v) is 17.1. The summed E-state index contributed by atoms with van der Waals surface area (Å²) in [4.78, 5) is 18.6. The van der Waals surface area contributed by atoms with Crippen LogP contribution in [0.25, 0.3) is 11.7 Å². The number of hydrogen-bond acceptors (Lipinski definition) is 5. The van der Waals surface area contributed by atoms with E-state index in [1.54, 1.807) is 36.2 Å². The highest BCUT2D eigenvalue weighted by Gasteiger charge is 2.29. The summed E-state index contributed by atoms with van der Waals surface area (Å²) >= 11 is 0. The summed E-state index contributed by atoms with van der Waals surface area (Å²) in [5, 5.41) is 6.98. The molecule has 9 heteroatoms. The average molecular weight is 427 g/mol. The van der Waals surface area contributed by atoms with Gasteiger partial charge in [0, 0.05) is 43.6 Å². The zero-order chi connectivity index (χ0) is 21.8. The van der Waals surface area contributed by atoms with Crippen molar-refractivity contribution in [2.45, 2.75) is 18.9 Å². The van der Waals surface area contributed by atoms with E-state index < -0.39 is 11.6 Å². The number of carbonyl (C=O) groups is 1. The molecule has 0 saturated carbocycles. The lowest BCUT2D eigenvalue weighted by molar-refractivity contribution is -0.116. The van der Waals surface area contributed by atoms with E-state index in [0.29, 0.717) is 48.7 Å². The van der Waals surface area contributed by atoms with Crippen molar-refractivity contribution in [2.75, 3.05) is 31.7 Å². The Morgan fingerprint density at radius 3 is 3.06 bits per heavy atom. The number of nitrogens with one attached hydrogen (secondary N) is 1. The Kier molecular flexibility index (Phi) is 6.22. The second-order valence-corrected chi connectivity index (χ2v) is 7.29. The Labute approximate surface area is 178 Å². The maximum atomic E-state index is 14.4. The number of fused-ring (bicyclic) bond motifs is 1. The van der Waals surface area contributed by atoms with Gasteiger partial charge in [0.1, 0.15) is 17.5 Å². The molecule has 31 heavy (non-hydrogen) atoms. The monoisotopic (exact) mass is 427 g/mol. The second kappa shape index (κ2) is 9.22. The topological polar surface area (TPSA) is 71.8 Å². The van der Waals surface area contributed by atoms with E-state index in [0.717, 1.165) is 18.6 Å². The van der Waals surface area contributed by atoms with Gasteiger partial charge in [-0.25, -0.2) is 18.3 Å². The Morgan fingerprint density at radius 1 is 1.35 bits per heavy atom. The fraction of sp³-hybridized carbons (Fsp3) is 0.318. The van der Waals surface area contributed by atoms with Crippen LogP contribution in [0.4, 0.5) is 14.6 Å². The van der Waals surface area contributed by atoms with Crippen LogP contribution in [-0.2, 0) is 9.53 Å². The molecule has 4 rings (SSSR count). The smallest absolute Gasteiger partial charge is 0.244 e. The Balaban J connectivity index is 1.59. The SMILES string of the molecule is COCCNC(=O)C=Cc1cnn2ccc(N3CCCC3c3cc(F)ccc3F)nc12. The number of nitrogens with zero attached hydrogens (tertiary/aromatic N) is 4. The molecular weight excluding hydrogens is 404 g/mol. The average Bonchev–Trinajstić information content (AvgIpc) is 3.41. The summed E-state index contributed by atoms with van der Waals surface area (Å²) in [5.74, 6) is -0.474. The molecular formula is C22H23F2N5O2. The van der Waals surface area contributed by atoms with Gasteiger partial charge in [0.2, 0.25) is 5.91 Å². The highest BCUT2D eigenvalue weighted by atomic mass is 19.1. The minimum atomic E-state index is -0.460. The number of halogens is 2. The molecule has 0 aliphatic carbocycles. The molecule has 1 aliphatic heterocycles. The van der Waals surface area contributed by atoms with Gasteiger partial charge in [0.15, 0.2) is 5.65 Å². The van der Waals surface area contributed by atoms with Gasteiger partial charge < -0.3 is 15.0 Å². The fourth-order valence-corrected chi connectivity index (χ4v) is 3.79. The quantitative estimate of drug-likeness (QED) is 0.463. The first kappa shape index (κ1) is 20.9.